The van der Waals surface area contributed by atoms with E-state index in [1.165, 1.54) is 11.3 Å². The molecule has 1 N–H and O–H groups in total. The lowest BCUT2D eigenvalue weighted by molar-refractivity contribution is -0.122. The summed E-state index contributed by atoms with van der Waals surface area (Å²) >= 11 is 1.41. The molecular formula is C16H17N3O3S. The number of nitrogens with one attached hydrogen (secondary N) is 1. The van der Waals surface area contributed by atoms with Gasteiger partial charge in [0.05, 0.1) is 13.2 Å². The second-order valence-electron chi connectivity index (χ2n) is 5.42. The molecule has 1 saturated carbocycles. The highest BCUT2D eigenvalue weighted by molar-refractivity contribution is 7.11. The van der Waals surface area contributed by atoms with Crippen LogP contribution >= 0.6 is 11.3 Å². The van der Waals surface area contributed by atoms with E-state index in [0.717, 1.165) is 10.0 Å². The van der Waals surface area contributed by atoms with Gasteiger partial charge < -0.3 is 10.1 Å². The van der Waals surface area contributed by atoms with Gasteiger partial charge in [0, 0.05) is 24.5 Å². The number of aromatic nitrogens is 2. The number of nitrogens with zero attached hydrogens (tertiary/aromatic N) is 2. The lowest BCUT2D eigenvalue weighted by atomic mass is 10.1. The molecule has 1 aliphatic rings. The Morgan fingerprint density at radius 3 is 2.70 bits per heavy atom. The van der Waals surface area contributed by atoms with E-state index in [1.54, 1.807) is 19.2 Å². The number of benzene rings is 1. The molecule has 0 bridgehead atoms. The fourth-order valence-corrected chi connectivity index (χ4v) is 3.18. The van der Waals surface area contributed by atoms with E-state index >= 15 is 0 Å². The number of ether oxygens (including phenoxy) is 1. The molecule has 23 heavy (non-hydrogen) atoms. The van der Waals surface area contributed by atoms with Crippen molar-refractivity contribution in [1.82, 2.24) is 15.5 Å². The fourth-order valence-electron chi connectivity index (χ4n) is 2.43. The number of Topliss-reactive ketones (excluding diaryl/α,β-unsaturated/α-hetero) is 1. The van der Waals surface area contributed by atoms with Gasteiger partial charge in [0.2, 0.25) is 5.91 Å². The van der Waals surface area contributed by atoms with Gasteiger partial charge in [-0.1, -0.05) is 41.7 Å². The maximum Gasteiger partial charge on any atom is 0.224 e. The first-order valence-electron chi connectivity index (χ1n) is 7.36. The monoisotopic (exact) mass is 331 g/mol. The van der Waals surface area contributed by atoms with Crippen molar-refractivity contribution < 1.29 is 14.3 Å². The first kappa shape index (κ1) is 15.8. The third-order valence-corrected chi connectivity index (χ3v) is 4.61. The summed E-state index contributed by atoms with van der Waals surface area (Å²) in [6, 6.07) is 9.10. The Morgan fingerprint density at radius 2 is 1.96 bits per heavy atom. The van der Waals surface area contributed by atoms with Crippen molar-refractivity contribution in [1.29, 1.82) is 0 Å². The molecule has 1 amide bonds. The Hall–Kier alpha value is -2.12. The predicted molar refractivity (Wildman–Crippen MR) is 84.8 cm³/mol. The number of hydrogen-bond donors (Lipinski definition) is 1. The van der Waals surface area contributed by atoms with Gasteiger partial charge in [-0.05, 0) is 6.42 Å². The van der Waals surface area contributed by atoms with E-state index in [0.29, 0.717) is 25.1 Å². The van der Waals surface area contributed by atoms with Gasteiger partial charge in [0.25, 0.3) is 0 Å². The number of methoxy groups -OCH3 is 1. The van der Waals surface area contributed by atoms with Crippen LogP contribution in [0.5, 0.6) is 0 Å². The Bertz CT molecular complexity index is 702. The lowest BCUT2D eigenvalue weighted by Crippen LogP contribution is -2.25. The van der Waals surface area contributed by atoms with E-state index in [9.17, 15) is 9.59 Å². The normalized spacial score (nSPS) is 19.3. The average Bonchev–Trinajstić information content (AvgIpc) is 3.26. The summed E-state index contributed by atoms with van der Waals surface area (Å²) in [5.74, 6) is -0.475. The van der Waals surface area contributed by atoms with E-state index in [4.69, 9.17) is 4.74 Å². The molecule has 120 valence electrons. The van der Waals surface area contributed by atoms with Crippen LogP contribution in [0.4, 0.5) is 0 Å². The van der Waals surface area contributed by atoms with Crippen LogP contribution in [0.3, 0.4) is 0 Å². The number of amides is 1. The van der Waals surface area contributed by atoms with Crippen LogP contribution in [-0.2, 0) is 22.7 Å². The number of hydrogen-bond acceptors (Lipinski definition) is 6. The summed E-state index contributed by atoms with van der Waals surface area (Å²) in [7, 11) is 1.60. The van der Waals surface area contributed by atoms with Crippen molar-refractivity contribution in [3.63, 3.8) is 0 Å². The Kier molecular flexibility index (Phi) is 4.78. The zero-order valence-corrected chi connectivity index (χ0v) is 13.5. The average molecular weight is 331 g/mol. The second kappa shape index (κ2) is 6.97. The van der Waals surface area contributed by atoms with Gasteiger partial charge in [0.15, 0.2) is 5.78 Å². The minimum Gasteiger partial charge on any atom is -0.377 e. The molecule has 0 saturated heterocycles. The summed E-state index contributed by atoms with van der Waals surface area (Å²) in [6.45, 7) is 0.755. The molecule has 1 aromatic carbocycles. The fraction of sp³-hybridized carbons (Fsp3) is 0.375. The van der Waals surface area contributed by atoms with Crippen molar-refractivity contribution in [2.45, 2.75) is 19.6 Å². The zero-order valence-electron chi connectivity index (χ0n) is 12.7. The molecule has 0 radical (unpaired) electrons. The highest BCUT2D eigenvalue weighted by Gasteiger charge is 2.47. The molecule has 0 spiro atoms. The quantitative estimate of drug-likeness (QED) is 0.783. The summed E-state index contributed by atoms with van der Waals surface area (Å²) in [4.78, 5) is 24.4. The summed E-state index contributed by atoms with van der Waals surface area (Å²) in [5, 5.41) is 12.3. The van der Waals surface area contributed by atoms with Crippen molar-refractivity contribution in [3.05, 3.63) is 45.9 Å². The minimum atomic E-state index is -0.228. The second-order valence-corrected chi connectivity index (χ2v) is 6.57. The lowest BCUT2D eigenvalue weighted by Gasteiger charge is -2.02. The first-order valence-corrected chi connectivity index (χ1v) is 8.18. The number of carbonyl (C=O) groups is 2. The highest BCUT2D eigenvalue weighted by Crippen LogP contribution is 2.41. The molecular weight excluding hydrogens is 314 g/mol. The number of carbonyl (C=O) groups excluding carboxylic acids is 2. The van der Waals surface area contributed by atoms with Gasteiger partial charge in [0.1, 0.15) is 10.0 Å². The van der Waals surface area contributed by atoms with Crippen molar-refractivity contribution in [2.75, 3.05) is 7.11 Å². The van der Waals surface area contributed by atoms with Crippen molar-refractivity contribution in [3.8, 4) is 0 Å². The predicted octanol–water partition coefficient (Wildman–Crippen LogP) is 1.82. The molecule has 0 aliphatic heterocycles. The van der Waals surface area contributed by atoms with Gasteiger partial charge in [-0.2, -0.15) is 0 Å². The molecule has 1 aliphatic carbocycles. The first-order chi connectivity index (χ1) is 11.2. The molecule has 1 aromatic heterocycles. The van der Waals surface area contributed by atoms with Crippen molar-refractivity contribution in [2.24, 2.45) is 11.8 Å². The van der Waals surface area contributed by atoms with Crippen LogP contribution in [0.25, 0.3) is 0 Å². The molecule has 6 nitrogen and oxygen atoms in total. The van der Waals surface area contributed by atoms with E-state index < -0.39 is 0 Å². The topological polar surface area (TPSA) is 81.2 Å². The maximum absolute atomic E-state index is 12.3. The van der Waals surface area contributed by atoms with Crippen LogP contribution in [0.15, 0.2) is 30.3 Å². The molecule has 1 heterocycles. The molecule has 3 rings (SSSR count). The van der Waals surface area contributed by atoms with Gasteiger partial charge in [-0.15, -0.1) is 10.2 Å². The molecule has 2 aromatic rings. The van der Waals surface area contributed by atoms with Crippen LogP contribution in [0, 0.1) is 11.8 Å². The van der Waals surface area contributed by atoms with Crippen LogP contribution in [-0.4, -0.2) is 29.0 Å². The number of rotatable bonds is 7. The smallest absolute Gasteiger partial charge is 0.224 e. The summed E-state index contributed by atoms with van der Waals surface area (Å²) in [6.07, 6.45) is 0.616. The van der Waals surface area contributed by atoms with Gasteiger partial charge in [-0.25, -0.2) is 0 Å². The minimum absolute atomic E-state index is 0.0454. The number of ketones is 1. The van der Waals surface area contributed by atoms with E-state index in [1.807, 2.05) is 18.2 Å². The van der Waals surface area contributed by atoms with Crippen LogP contribution < -0.4 is 5.32 Å². The third-order valence-electron chi connectivity index (χ3n) is 3.71. The van der Waals surface area contributed by atoms with Crippen molar-refractivity contribution >= 4 is 23.0 Å². The SMILES string of the molecule is COCc1nnc(CNC(=O)[C@@H]2C[C@@H]2C(=O)c2ccccc2)s1. The van der Waals surface area contributed by atoms with Crippen LogP contribution in [0.1, 0.15) is 26.8 Å². The summed E-state index contributed by atoms with van der Waals surface area (Å²) < 4.78 is 4.98. The molecule has 1 fully saturated rings. The zero-order chi connectivity index (χ0) is 16.2. The molecule has 2 atom stereocenters. The highest BCUT2D eigenvalue weighted by atomic mass is 32.1. The standard InChI is InChI=1S/C16H17N3O3S/c1-22-9-14-19-18-13(23-14)8-17-16(21)12-7-11(12)15(20)10-5-3-2-4-6-10/h2-6,11-12H,7-9H2,1H3,(H,17,21)/t11-,12+/m0/s1. The Morgan fingerprint density at radius 1 is 1.22 bits per heavy atom. The van der Waals surface area contributed by atoms with Crippen LogP contribution in [0.2, 0.25) is 0 Å². The van der Waals surface area contributed by atoms with E-state index in [2.05, 4.69) is 15.5 Å². The molecule has 0 unspecified atom stereocenters. The van der Waals surface area contributed by atoms with E-state index in [-0.39, 0.29) is 23.5 Å². The maximum atomic E-state index is 12.3. The van der Waals surface area contributed by atoms with Gasteiger partial charge in [-0.3, -0.25) is 9.59 Å². The Balaban J connectivity index is 1.49. The summed E-state index contributed by atoms with van der Waals surface area (Å²) in [5.41, 5.74) is 0.668. The Labute approximate surface area is 137 Å². The third kappa shape index (κ3) is 3.80. The molecule has 7 heteroatoms. The largest absolute Gasteiger partial charge is 0.377 e. The van der Waals surface area contributed by atoms with Gasteiger partial charge >= 0.3 is 0 Å².